The number of piperidine rings is 1. The van der Waals surface area contributed by atoms with Crippen LogP contribution in [0, 0.1) is 0 Å². The zero-order chi connectivity index (χ0) is 27.1. The third-order valence-corrected chi connectivity index (χ3v) is 8.71. The Hall–Kier alpha value is -3.53. The minimum atomic E-state index is 0.0872. The molecule has 3 aliphatic heterocycles. The molecule has 0 aliphatic carbocycles. The number of benzene rings is 1. The second-order valence-electron chi connectivity index (χ2n) is 11.6. The maximum atomic E-state index is 6.18. The molecule has 9 nitrogen and oxygen atoms in total. The van der Waals surface area contributed by atoms with Gasteiger partial charge in [0.05, 0.1) is 42.4 Å². The Morgan fingerprint density at radius 1 is 1.05 bits per heavy atom. The first-order chi connectivity index (χ1) is 19.6. The van der Waals surface area contributed by atoms with Crippen LogP contribution in [0.2, 0.25) is 0 Å². The van der Waals surface area contributed by atoms with Crippen molar-refractivity contribution in [3.8, 4) is 11.3 Å². The van der Waals surface area contributed by atoms with E-state index in [9.17, 15) is 0 Å². The molecule has 0 amide bonds. The van der Waals surface area contributed by atoms with Gasteiger partial charge in [-0.3, -0.25) is 9.88 Å². The molecule has 3 aromatic heterocycles. The van der Waals surface area contributed by atoms with Gasteiger partial charge in [-0.2, -0.15) is 0 Å². The van der Waals surface area contributed by atoms with Gasteiger partial charge in [0.15, 0.2) is 0 Å². The number of H-pyrrole nitrogens is 1. The maximum absolute atomic E-state index is 6.18. The number of ether oxygens (including phenoxy) is 1. The van der Waals surface area contributed by atoms with E-state index in [4.69, 9.17) is 15.5 Å². The van der Waals surface area contributed by atoms with Gasteiger partial charge in [0.2, 0.25) is 0 Å². The molecule has 2 bridgehead atoms. The van der Waals surface area contributed by atoms with E-state index in [2.05, 4.69) is 79.5 Å². The number of hydrogen-bond acceptors (Lipinski definition) is 8. The fraction of sp³-hybridized carbons (Fsp3) is 0.452. The minimum absolute atomic E-state index is 0.0872. The molecule has 3 fully saturated rings. The van der Waals surface area contributed by atoms with E-state index < -0.39 is 0 Å². The second kappa shape index (κ2) is 10.8. The zero-order valence-electron chi connectivity index (χ0n) is 23.1. The zero-order valence-corrected chi connectivity index (χ0v) is 23.1. The van der Waals surface area contributed by atoms with Crippen molar-refractivity contribution in [3.05, 3.63) is 66.2 Å². The van der Waals surface area contributed by atoms with E-state index in [1.807, 2.05) is 6.20 Å². The predicted molar refractivity (Wildman–Crippen MR) is 158 cm³/mol. The lowest BCUT2D eigenvalue weighted by atomic mass is 10.1. The van der Waals surface area contributed by atoms with Crippen molar-refractivity contribution in [2.45, 2.75) is 63.3 Å². The highest BCUT2D eigenvalue weighted by atomic mass is 16.5. The van der Waals surface area contributed by atoms with Gasteiger partial charge >= 0.3 is 0 Å². The molecule has 40 heavy (non-hydrogen) atoms. The number of rotatable bonds is 7. The van der Waals surface area contributed by atoms with E-state index in [0.717, 1.165) is 91.6 Å². The number of aromatic amines is 1. The van der Waals surface area contributed by atoms with Crippen LogP contribution in [0.1, 0.15) is 49.9 Å². The van der Waals surface area contributed by atoms with Gasteiger partial charge < -0.3 is 25.7 Å². The number of nitrogens with two attached hydrogens (primary N) is 1. The van der Waals surface area contributed by atoms with E-state index in [0.29, 0.717) is 12.1 Å². The smallest absolute Gasteiger partial charge is 0.143 e. The van der Waals surface area contributed by atoms with Gasteiger partial charge in [-0.15, -0.1) is 0 Å². The summed E-state index contributed by atoms with van der Waals surface area (Å²) in [6.45, 7) is 6.72. The maximum Gasteiger partial charge on any atom is 0.143 e. The monoisotopic (exact) mass is 538 g/mol. The molecule has 9 heteroatoms. The molecule has 4 N–H and O–H groups in total. The van der Waals surface area contributed by atoms with E-state index in [1.54, 1.807) is 6.33 Å². The summed E-state index contributed by atoms with van der Waals surface area (Å²) in [4.78, 5) is 22.3. The summed E-state index contributed by atoms with van der Waals surface area (Å²) in [6, 6.07) is 16.3. The lowest BCUT2D eigenvalue weighted by Crippen LogP contribution is -2.46. The molecule has 6 heterocycles. The van der Waals surface area contributed by atoms with Crippen LogP contribution >= 0.6 is 0 Å². The van der Waals surface area contributed by atoms with Gasteiger partial charge in [0.1, 0.15) is 17.8 Å². The molecule has 0 saturated carbocycles. The lowest BCUT2D eigenvalue weighted by molar-refractivity contribution is 0.0904. The highest BCUT2D eigenvalue weighted by Crippen LogP contribution is 2.37. The van der Waals surface area contributed by atoms with Gasteiger partial charge in [0.25, 0.3) is 0 Å². The molecule has 208 valence electrons. The SMILES string of the molecule is CC(Nc1ccc(-c2cc3c(N4C5CCC4COC5)ncnc3[nH]2)cc1)c1cc(CN2CCC[C@@H](N)C2)ccn1. The molecule has 4 atom stereocenters. The molecule has 3 aliphatic rings. The molecular formula is C31H38N8O. The normalized spacial score (nSPS) is 23.9. The summed E-state index contributed by atoms with van der Waals surface area (Å²) < 4.78 is 5.79. The van der Waals surface area contributed by atoms with Crippen LogP contribution in [-0.2, 0) is 11.3 Å². The van der Waals surface area contributed by atoms with Crippen LogP contribution in [-0.4, -0.2) is 69.3 Å². The van der Waals surface area contributed by atoms with Crippen LogP contribution < -0.4 is 16.0 Å². The van der Waals surface area contributed by atoms with Gasteiger partial charge in [-0.1, -0.05) is 12.1 Å². The third kappa shape index (κ3) is 5.05. The molecule has 1 aromatic carbocycles. The summed E-state index contributed by atoms with van der Waals surface area (Å²) in [5.41, 5.74) is 12.6. The number of fused-ring (bicyclic) bond motifs is 3. The summed E-state index contributed by atoms with van der Waals surface area (Å²) >= 11 is 0. The highest BCUT2D eigenvalue weighted by Gasteiger charge is 2.39. The lowest BCUT2D eigenvalue weighted by Gasteiger charge is -2.35. The first-order valence-electron chi connectivity index (χ1n) is 14.6. The van der Waals surface area contributed by atoms with E-state index >= 15 is 0 Å². The number of pyridine rings is 1. The Bertz CT molecular complexity index is 1450. The number of aromatic nitrogens is 4. The number of anilines is 2. The molecule has 0 spiro atoms. The van der Waals surface area contributed by atoms with Crippen LogP contribution in [0.4, 0.5) is 11.5 Å². The van der Waals surface area contributed by atoms with Crippen molar-refractivity contribution in [2.75, 3.05) is 36.5 Å². The summed E-state index contributed by atoms with van der Waals surface area (Å²) in [5.74, 6) is 1.02. The minimum Gasteiger partial charge on any atom is -0.377 e. The largest absolute Gasteiger partial charge is 0.377 e. The molecular weight excluding hydrogens is 500 g/mol. The molecule has 3 saturated heterocycles. The van der Waals surface area contributed by atoms with E-state index in [1.165, 1.54) is 12.0 Å². The van der Waals surface area contributed by atoms with Crippen LogP contribution in [0.25, 0.3) is 22.3 Å². The summed E-state index contributed by atoms with van der Waals surface area (Å²) in [5, 5.41) is 4.70. The Balaban J connectivity index is 1.05. The van der Waals surface area contributed by atoms with Crippen LogP contribution in [0.15, 0.2) is 55.0 Å². The standard InChI is InChI=1S/C31H38N8O/c1-20(28-13-21(10-11-33-28)15-38-12-2-3-23(32)16-38)36-24-6-4-22(5-7-24)29-14-27-30(37-29)34-19-35-31(27)39-25-8-9-26(39)18-40-17-25/h4-7,10-11,13-14,19-20,23,25-26,36H,2-3,8-9,12,15-18,32H2,1H3,(H,34,35,37)/t20?,23-,25?,26?/m1/s1. The Morgan fingerprint density at radius 3 is 2.67 bits per heavy atom. The number of morpholine rings is 1. The average molecular weight is 539 g/mol. The summed E-state index contributed by atoms with van der Waals surface area (Å²) in [6.07, 6.45) is 8.22. The Labute approximate surface area is 235 Å². The highest BCUT2D eigenvalue weighted by molar-refractivity contribution is 5.92. The topological polar surface area (TPSA) is 108 Å². The van der Waals surface area contributed by atoms with Crippen molar-refractivity contribution in [1.29, 1.82) is 0 Å². The van der Waals surface area contributed by atoms with Crippen molar-refractivity contribution in [1.82, 2.24) is 24.8 Å². The quantitative estimate of drug-likeness (QED) is 0.316. The van der Waals surface area contributed by atoms with Gasteiger partial charge in [-0.05, 0) is 80.6 Å². The third-order valence-electron chi connectivity index (χ3n) is 8.71. The predicted octanol–water partition coefficient (Wildman–Crippen LogP) is 4.48. The van der Waals surface area contributed by atoms with Gasteiger partial charge in [-0.25, -0.2) is 9.97 Å². The fourth-order valence-corrected chi connectivity index (χ4v) is 6.65. The van der Waals surface area contributed by atoms with Gasteiger partial charge in [0, 0.05) is 36.7 Å². The number of likely N-dealkylation sites (tertiary alicyclic amines) is 1. The number of nitrogens with zero attached hydrogens (tertiary/aromatic N) is 5. The molecule has 7 rings (SSSR count). The first kappa shape index (κ1) is 25.4. The summed E-state index contributed by atoms with van der Waals surface area (Å²) in [7, 11) is 0. The van der Waals surface area contributed by atoms with Crippen LogP contribution in [0.3, 0.4) is 0 Å². The Kier molecular flexibility index (Phi) is 6.87. The Morgan fingerprint density at radius 2 is 1.88 bits per heavy atom. The van der Waals surface area contributed by atoms with E-state index in [-0.39, 0.29) is 12.1 Å². The van der Waals surface area contributed by atoms with Crippen molar-refractivity contribution in [2.24, 2.45) is 5.73 Å². The fourth-order valence-electron chi connectivity index (χ4n) is 6.65. The van der Waals surface area contributed by atoms with Crippen LogP contribution in [0.5, 0.6) is 0 Å². The number of nitrogens with one attached hydrogen (secondary N) is 2. The van der Waals surface area contributed by atoms with Crippen molar-refractivity contribution >= 4 is 22.5 Å². The first-order valence-corrected chi connectivity index (χ1v) is 14.6. The molecule has 3 unspecified atom stereocenters. The average Bonchev–Trinajstić information content (AvgIpc) is 3.51. The molecule has 0 radical (unpaired) electrons. The number of hydrogen-bond donors (Lipinski definition) is 3. The van der Waals surface area contributed by atoms with Crippen molar-refractivity contribution < 1.29 is 4.74 Å². The van der Waals surface area contributed by atoms with Crippen molar-refractivity contribution in [3.63, 3.8) is 0 Å². The molecule has 4 aromatic rings. The second-order valence-corrected chi connectivity index (χ2v) is 11.6.